The van der Waals surface area contributed by atoms with E-state index in [1.807, 2.05) is 24.3 Å². The van der Waals surface area contributed by atoms with Crippen molar-refractivity contribution in [2.45, 2.75) is 31.7 Å². The standard InChI is InChI=1S/C16H20N4O/c1-10(11-5-7-13(21-2)8-6-11)18-15-9-14(17)19-16(20-15)12-3-4-12/h5-10,12H,3-4H2,1-2H3,(H3,17,18,19,20). The van der Waals surface area contributed by atoms with E-state index in [1.54, 1.807) is 13.2 Å². The number of nitrogen functional groups attached to an aromatic ring is 1. The average molecular weight is 284 g/mol. The highest BCUT2D eigenvalue weighted by Crippen LogP contribution is 2.38. The monoisotopic (exact) mass is 284 g/mol. The van der Waals surface area contributed by atoms with E-state index in [1.165, 1.54) is 5.56 Å². The van der Waals surface area contributed by atoms with Gasteiger partial charge < -0.3 is 15.8 Å². The van der Waals surface area contributed by atoms with Gasteiger partial charge in [0.2, 0.25) is 0 Å². The maximum atomic E-state index is 5.87. The van der Waals surface area contributed by atoms with Crippen LogP contribution in [0.3, 0.4) is 0 Å². The zero-order chi connectivity index (χ0) is 14.8. The minimum atomic E-state index is 0.136. The molecule has 1 atom stereocenters. The summed E-state index contributed by atoms with van der Waals surface area (Å²) in [7, 11) is 1.67. The van der Waals surface area contributed by atoms with E-state index in [2.05, 4.69) is 22.2 Å². The van der Waals surface area contributed by atoms with Crippen LogP contribution in [0.4, 0.5) is 11.6 Å². The molecule has 5 nitrogen and oxygen atoms in total. The van der Waals surface area contributed by atoms with Crippen LogP contribution < -0.4 is 15.8 Å². The van der Waals surface area contributed by atoms with Crippen molar-refractivity contribution in [1.29, 1.82) is 0 Å². The lowest BCUT2D eigenvalue weighted by atomic mass is 10.1. The van der Waals surface area contributed by atoms with Gasteiger partial charge in [0, 0.05) is 18.0 Å². The summed E-state index contributed by atoms with van der Waals surface area (Å²) >= 11 is 0. The molecule has 1 aliphatic carbocycles. The fraction of sp³-hybridized carbons (Fsp3) is 0.375. The van der Waals surface area contributed by atoms with Crippen LogP contribution in [-0.4, -0.2) is 17.1 Å². The number of hydrogen-bond acceptors (Lipinski definition) is 5. The maximum Gasteiger partial charge on any atom is 0.136 e. The van der Waals surface area contributed by atoms with Crippen LogP contribution in [0.25, 0.3) is 0 Å². The summed E-state index contributed by atoms with van der Waals surface area (Å²) in [4.78, 5) is 8.88. The number of nitrogens with zero attached hydrogens (tertiary/aromatic N) is 2. The van der Waals surface area contributed by atoms with Gasteiger partial charge in [0.1, 0.15) is 23.2 Å². The Hall–Kier alpha value is -2.30. The number of methoxy groups -OCH3 is 1. The summed E-state index contributed by atoms with van der Waals surface area (Å²) in [6.07, 6.45) is 2.33. The van der Waals surface area contributed by atoms with Crippen molar-refractivity contribution >= 4 is 11.6 Å². The van der Waals surface area contributed by atoms with E-state index in [9.17, 15) is 0 Å². The topological polar surface area (TPSA) is 73.1 Å². The van der Waals surface area contributed by atoms with Gasteiger partial charge >= 0.3 is 0 Å². The predicted octanol–water partition coefficient (Wildman–Crippen LogP) is 3.12. The first-order valence-electron chi connectivity index (χ1n) is 7.20. The smallest absolute Gasteiger partial charge is 0.136 e. The summed E-state index contributed by atoms with van der Waals surface area (Å²) in [5.74, 6) is 3.52. The second kappa shape index (κ2) is 5.60. The number of aromatic nitrogens is 2. The lowest BCUT2D eigenvalue weighted by Crippen LogP contribution is -2.10. The molecule has 21 heavy (non-hydrogen) atoms. The fourth-order valence-corrected chi connectivity index (χ4v) is 2.28. The summed E-state index contributed by atoms with van der Waals surface area (Å²) in [6, 6.07) is 9.92. The van der Waals surface area contributed by atoms with Crippen LogP contribution in [0, 0.1) is 0 Å². The minimum absolute atomic E-state index is 0.136. The van der Waals surface area contributed by atoms with Crippen LogP contribution in [0.2, 0.25) is 0 Å². The van der Waals surface area contributed by atoms with Gasteiger partial charge in [0.15, 0.2) is 0 Å². The maximum absolute atomic E-state index is 5.87. The molecule has 2 aromatic rings. The third-order valence-corrected chi connectivity index (χ3v) is 3.69. The molecule has 0 saturated heterocycles. The minimum Gasteiger partial charge on any atom is -0.497 e. The molecule has 1 unspecified atom stereocenters. The van der Waals surface area contributed by atoms with Gasteiger partial charge in [0.05, 0.1) is 7.11 Å². The van der Waals surface area contributed by atoms with Crippen LogP contribution >= 0.6 is 0 Å². The summed E-state index contributed by atoms with van der Waals surface area (Å²) < 4.78 is 5.17. The Morgan fingerprint density at radius 1 is 1.24 bits per heavy atom. The number of hydrogen-bond donors (Lipinski definition) is 2. The van der Waals surface area contributed by atoms with Gasteiger partial charge in [-0.05, 0) is 37.5 Å². The van der Waals surface area contributed by atoms with E-state index in [-0.39, 0.29) is 6.04 Å². The van der Waals surface area contributed by atoms with Gasteiger partial charge in [-0.3, -0.25) is 0 Å². The van der Waals surface area contributed by atoms with Crippen molar-refractivity contribution in [1.82, 2.24) is 9.97 Å². The van der Waals surface area contributed by atoms with E-state index in [0.717, 1.165) is 30.2 Å². The Morgan fingerprint density at radius 3 is 2.57 bits per heavy atom. The highest BCUT2D eigenvalue weighted by molar-refractivity contribution is 5.47. The molecular formula is C16H20N4O. The number of benzene rings is 1. The molecule has 0 amide bonds. The summed E-state index contributed by atoms with van der Waals surface area (Å²) in [5.41, 5.74) is 7.04. The first-order chi connectivity index (χ1) is 10.2. The molecule has 0 bridgehead atoms. The fourth-order valence-electron chi connectivity index (χ4n) is 2.28. The molecular weight excluding hydrogens is 264 g/mol. The molecule has 1 heterocycles. The molecule has 0 spiro atoms. The molecule has 3 rings (SSSR count). The second-order valence-corrected chi connectivity index (χ2v) is 5.45. The third kappa shape index (κ3) is 3.24. The quantitative estimate of drug-likeness (QED) is 0.882. The number of anilines is 2. The lowest BCUT2D eigenvalue weighted by molar-refractivity contribution is 0.414. The second-order valence-electron chi connectivity index (χ2n) is 5.45. The van der Waals surface area contributed by atoms with Gasteiger partial charge in [-0.25, -0.2) is 9.97 Å². The first-order valence-corrected chi connectivity index (χ1v) is 7.20. The van der Waals surface area contributed by atoms with E-state index in [4.69, 9.17) is 10.5 Å². The third-order valence-electron chi connectivity index (χ3n) is 3.69. The van der Waals surface area contributed by atoms with Gasteiger partial charge in [0.25, 0.3) is 0 Å². The van der Waals surface area contributed by atoms with Crippen molar-refractivity contribution in [2.24, 2.45) is 0 Å². The Labute approximate surface area is 124 Å². The van der Waals surface area contributed by atoms with Crippen molar-refractivity contribution in [2.75, 3.05) is 18.2 Å². The number of nitrogens with one attached hydrogen (secondary N) is 1. The molecule has 1 aromatic heterocycles. The average Bonchev–Trinajstić information content (AvgIpc) is 3.31. The van der Waals surface area contributed by atoms with Crippen molar-refractivity contribution in [3.8, 4) is 5.75 Å². The summed E-state index contributed by atoms with van der Waals surface area (Å²) in [5, 5.41) is 3.39. The molecule has 1 aliphatic rings. The number of rotatable bonds is 5. The van der Waals surface area contributed by atoms with Crippen LogP contribution in [-0.2, 0) is 0 Å². The van der Waals surface area contributed by atoms with Crippen molar-refractivity contribution in [3.05, 3.63) is 41.7 Å². The van der Waals surface area contributed by atoms with Crippen molar-refractivity contribution in [3.63, 3.8) is 0 Å². The number of nitrogens with two attached hydrogens (primary N) is 1. The molecule has 3 N–H and O–H groups in total. The molecule has 0 radical (unpaired) electrons. The van der Waals surface area contributed by atoms with Crippen molar-refractivity contribution < 1.29 is 4.74 Å². The van der Waals surface area contributed by atoms with E-state index >= 15 is 0 Å². The van der Waals surface area contributed by atoms with Crippen LogP contribution in [0.15, 0.2) is 30.3 Å². The highest BCUT2D eigenvalue weighted by atomic mass is 16.5. The van der Waals surface area contributed by atoms with Crippen LogP contribution in [0.5, 0.6) is 5.75 Å². The molecule has 0 aliphatic heterocycles. The Bertz CT molecular complexity index is 623. The molecule has 1 fully saturated rings. The highest BCUT2D eigenvalue weighted by Gasteiger charge is 2.27. The van der Waals surface area contributed by atoms with Crippen LogP contribution in [0.1, 0.15) is 43.1 Å². The Morgan fingerprint density at radius 2 is 1.95 bits per heavy atom. The molecule has 110 valence electrons. The Kier molecular flexibility index (Phi) is 3.64. The van der Waals surface area contributed by atoms with E-state index in [0.29, 0.717) is 11.7 Å². The van der Waals surface area contributed by atoms with Gasteiger partial charge in [-0.2, -0.15) is 0 Å². The summed E-state index contributed by atoms with van der Waals surface area (Å²) in [6.45, 7) is 2.09. The van der Waals surface area contributed by atoms with E-state index < -0.39 is 0 Å². The Balaban J connectivity index is 1.75. The molecule has 1 aromatic carbocycles. The number of ether oxygens (including phenoxy) is 1. The SMILES string of the molecule is COc1ccc(C(C)Nc2cc(N)nc(C3CC3)n2)cc1. The largest absolute Gasteiger partial charge is 0.497 e. The van der Waals surface area contributed by atoms with Gasteiger partial charge in [-0.1, -0.05) is 12.1 Å². The molecule has 5 heteroatoms. The zero-order valence-corrected chi connectivity index (χ0v) is 12.3. The predicted molar refractivity (Wildman–Crippen MR) is 83.5 cm³/mol. The van der Waals surface area contributed by atoms with Gasteiger partial charge in [-0.15, -0.1) is 0 Å². The first kappa shape index (κ1) is 13.7. The zero-order valence-electron chi connectivity index (χ0n) is 12.3. The molecule has 1 saturated carbocycles. The normalized spacial score (nSPS) is 15.5. The lowest BCUT2D eigenvalue weighted by Gasteiger charge is -2.16.